The van der Waals surface area contributed by atoms with Gasteiger partial charge in [-0.2, -0.15) is 0 Å². The lowest BCUT2D eigenvalue weighted by molar-refractivity contribution is -0.138. The van der Waals surface area contributed by atoms with E-state index in [9.17, 15) is 18.8 Å². The van der Waals surface area contributed by atoms with Crippen molar-refractivity contribution < 1.29 is 23.9 Å². The molecule has 1 heterocycles. The minimum absolute atomic E-state index is 0.0507. The Morgan fingerprint density at radius 3 is 2.32 bits per heavy atom. The summed E-state index contributed by atoms with van der Waals surface area (Å²) in [6, 6.07) is 5.67. The van der Waals surface area contributed by atoms with Crippen LogP contribution in [0.2, 0.25) is 0 Å². The molecule has 8 nitrogen and oxygen atoms in total. The Morgan fingerprint density at radius 1 is 1.12 bits per heavy atom. The molecule has 0 radical (unpaired) electrons. The molecule has 1 aromatic heterocycles. The molecular formula is C16H15FN4O4. The lowest BCUT2D eigenvalue weighted by Crippen LogP contribution is -2.38. The van der Waals surface area contributed by atoms with Gasteiger partial charge in [0.25, 0.3) is 11.8 Å². The van der Waals surface area contributed by atoms with Crippen LogP contribution in [0.5, 0.6) is 0 Å². The molecule has 0 aliphatic carbocycles. The number of rotatable bonds is 6. The highest BCUT2D eigenvalue weighted by atomic mass is 19.1. The number of carbonyl (C=O) groups excluding carboxylic acids is 2. The second-order valence-electron chi connectivity index (χ2n) is 5.13. The molecule has 2 aromatic rings. The van der Waals surface area contributed by atoms with Gasteiger partial charge in [-0.1, -0.05) is 12.1 Å². The molecule has 1 atom stereocenters. The Balaban J connectivity index is 2.02. The standard InChI is InChI=1S/C16H15FN4O4/c1-9(16(24)25)21-15(23)13-6-12(19-8-20-13)14(22)18-7-10-2-4-11(17)5-3-10/h2-6,8-9H,7H2,1H3,(H,18,22)(H,21,23)(H,24,25)/t9-/m0/s1. The molecule has 0 saturated heterocycles. The Labute approximate surface area is 142 Å². The van der Waals surface area contributed by atoms with Crippen molar-refractivity contribution in [2.75, 3.05) is 0 Å². The van der Waals surface area contributed by atoms with Gasteiger partial charge in [-0.05, 0) is 24.6 Å². The van der Waals surface area contributed by atoms with Crippen molar-refractivity contribution in [1.29, 1.82) is 0 Å². The summed E-state index contributed by atoms with van der Waals surface area (Å²) in [5, 5.41) is 13.6. The van der Waals surface area contributed by atoms with Crippen LogP contribution < -0.4 is 10.6 Å². The van der Waals surface area contributed by atoms with Crippen molar-refractivity contribution in [1.82, 2.24) is 20.6 Å². The van der Waals surface area contributed by atoms with Crippen molar-refractivity contribution in [3.8, 4) is 0 Å². The Kier molecular flexibility index (Phi) is 5.72. The van der Waals surface area contributed by atoms with E-state index in [2.05, 4.69) is 20.6 Å². The molecule has 9 heteroatoms. The Morgan fingerprint density at radius 2 is 1.72 bits per heavy atom. The topological polar surface area (TPSA) is 121 Å². The lowest BCUT2D eigenvalue weighted by atomic mass is 10.2. The molecule has 0 aliphatic rings. The molecule has 1 aromatic carbocycles. The van der Waals surface area contributed by atoms with E-state index in [-0.39, 0.29) is 23.7 Å². The van der Waals surface area contributed by atoms with E-state index >= 15 is 0 Å². The first-order valence-electron chi connectivity index (χ1n) is 7.25. The van der Waals surface area contributed by atoms with Crippen LogP contribution in [-0.4, -0.2) is 38.9 Å². The molecule has 0 saturated carbocycles. The van der Waals surface area contributed by atoms with E-state index in [1.807, 2.05) is 0 Å². The van der Waals surface area contributed by atoms with Gasteiger partial charge in [0.1, 0.15) is 29.6 Å². The second-order valence-corrected chi connectivity index (χ2v) is 5.13. The summed E-state index contributed by atoms with van der Waals surface area (Å²) in [5.41, 5.74) is 0.511. The van der Waals surface area contributed by atoms with Gasteiger partial charge in [0.2, 0.25) is 0 Å². The van der Waals surface area contributed by atoms with Crippen LogP contribution in [0.15, 0.2) is 36.7 Å². The number of nitrogens with one attached hydrogen (secondary N) is 2. The highest BCUT2D eigenvalue weighted by Gasteiger charge is 2.18. The second kappa shape index (κ2) is 7.95. The summed E-state index contributed by atoms with van der Waals surface area (Å²) in [6.07, 6.45) is 1.03. The quantitative estimate of drug-likeness (QED) is 0.710. The van der Waals surface area contributed by atoms with Crippen LogP contribution in [0, 0.1) is 5.82 Å². The number of carboxylic acids is 1. The number of aromatic nitrogens is 2. The SMILES string of the molecule is C[C@H](NC(=O)c1cc(C(=O)NCc2ccc(F)cc2)ncn1)C(=O)O. The van der Waals surface area contributed by atoms with Crippen molar-refractivity contribution in [3.63, 3.8) is 0 Å². The summed E-state index contributed by atoms with van der Waals surface area (Å²) in [7, 11) is 0. The normalized spacial score (nSPS) is 11.4. The number of amides is 2. The van der Waals surface area contributed by atoms with Crippen LogP contribution in [0.3, 0.4) is 0 Å². The third-order valence-corrected chi connectivity index (χ3v) is 3.22. The molecule has 25 heavy (non-hydrogen) atoms. The minimum atomic E-state index is -1.19. The number of nitrogens with zero attached hydrogens (tertiary/aromatic N) is 2. The molecule has 0 unspecified atom stereocenters. The zero-order chi connectivity index (χ0) is 18.4. The number of carboxylic acid groups (broad SMARTS) is 1. The van der Waals surface area contributed by atoms with Crippen molar-refractivity contribution in [3.05, 3.63) is 59.4 Å². The molecule has 130 valence electrons. The van der Waals surface area contributed by atoms with Gasteiger partial charge in [-0.15, -0.1) is 0 Å². The predicted molar refractivity (Wildman–Crippen MR) is 84.2 cm³/mol. The van der Waals surface area contributed by atoms with Crippen LogP contribution in [0.1, 0.15) is 33.5 Å². The lowest BCUT2D eigenvalue weighted by Gasteiger charge is -2.09. The first kappa shape index (κ1) is 18.0. The van der Waals surface area contributed by atoms with Crippen molar-refractivity contribution >= 4 is 17.8 Å². The van der Waals surface area contributed by atoms with Gasteiger partial charge in [0, 0.05) is 12.6 Å². The monoisotopic (exact) mass is 346 g/mol. The van der Waals surface area contributed by atoms with Gasteiger partial charge in [-0.25, -0.2) is 14.4 Å². The Bertz CT molecular complexity index is 795. The third kappa shape index (κ3) is 5.06. The number of benzene rings is 1. The third-order valence-electron chi connectivity index (χ3n) is 3.22. The average molecular weight is 346 g/mol. The smallest absolute Gasteiger partial charge is 0.325 e. The van der Waals surface area contributed by atoms with Crippen LogP contribution in [0.25, 0.3) is 0 Å². The first-order chi connectivity index (χ1) is 11.9. The maximum atomic E-state index is 12.8. The molecule has 2 amide bonds. The molecule has 0 aliphatic heterocycles. The maximum Gasteiger partial charge on any atom is 0.325 e. The zero-order valence-corrected chi connectivity index (χ0v) is 13.2. The summed E-state index contributed by atoms with van der Waals surface area (Å²) in [4.78, 5) is 42.3. The fourth-order valence-electron chi connectivity index (χ4n) is 1.81. The summed E-state index contributed by atoms with van der Waals surface area (Å²) >= 11 is 0. The molecule has 2 rings (SSSR count). The fourth-order valence-corrected chi connectivity index (χ4v) is 1.81. The van der Waals surface area contributed by atoms with Crippen LogP contribution >= 0.6 is 0 Å². The highest BCUT2D eigenvalue weighted by Crippen LogP contribution is 2.04. The molecule has 0 fully saturated rings. The highest BCUT2D eigenvalue weighted by molar-refractivity contribution is 5.98. The summed E-state index contributed by atoms with van der Waals surface area (Å²) in [6.45, 7) is 1.46. The number of hydrogen-bond donors (Lipinski definition) is 3. The van der Waals surface area contributed by atoms with Crippen LogP contribution in [-0.2, 0) is 11.3 Å². The number of hydrogen-bond acceptors (Lipinski definition) is 5. The average Bonchev–Trinajstić information content (AvgIpc) is 2.60. The predicted octanol–water partition coefficient (Wildman–Crippen LogP) is 0.749. The van der Waals surface area contributed by atoms with E-state index in [0.29, 0.717) is 5.56 Å². The zero-order valence-electron chi connectivity index (χ0n) is 13.2. The largest absolute Gasteiger partial charge is 0.480 e. The Hall–Kier alpha value is -3.36. The van der Waals surface area contributed by atoms with Gasteiger partial charge < -0.3 is 15.7 Å². The molecule has 0 bridgehead atoms. The minimum Gasteiger partial charge on any atom is -0.480 e. The van der Waals surface area contributed by atoms with Gasteiger partial charge >= 0.3 is 5.97 Å². The van der Waals surface area contributed by atoms with E-state index in [4.69, 9.17) is 5.11 Å². The van der Waals surface area contributed by atoms with Crippen molar-refractivity contribution in [2.45, 2.75) is 19.5 Å². The summed E-state index contributed by atoms with van der Waals surface area (Å²) < 4.78 is 12.8. The van der Waals surface area contributed by atoms with Crippen molar-refractivity contribution in [2.24, 2.45) is 0 Å². The van der Waals surface area contributed by atoms with Gasteiger partial charge in [0.15, 0.2) is 0 Å². The fraction of sp³-hybridized carbons (Fsp3) is 0.188. The van der Waals surface area contributed by atoms with Crippen LogP contribution in [0.4, 0.5) is 4.39 Å². The van der Waals surface area contributed by atoms with E-state index in [0.717, 1.165) is 12.4 Å². The molecule has 0 spiro atoms. The maximum absolute atomic E-state index is 12.8. The number of aliphatic carboxylic acids is 1. The van der Waals surface area contributed by atoms with E-state index in [1.165, 1.54) is 31.2 Å². The van der Waals surface area contributed by atoms with E-state index < -0.39 is 23.8 Å². The van der Waals surface area contributed by atoms with Gasteiger partial charge in [-0.3, -0.25) is 14.4 Å². The molecular weight excluding hydrogens is 331 g/mol. The summed E-state index contributed by atoms with van der Waals surface area (Å²) in [5.74, 6) is -2.85. The molecule has 3 N–H and O–H groups in total. The first-order valence-corrected chi connectivity index (χ1v) is 7.25. The number of halogens is 1. The van der Waals surface area contributed by atoms with Gasteiger partial charge in [0.05, 0.1) is 0 Å². The number of carbonyl (C=O) groups is 3. The van der Waals surface area contributed by atoms with E-state index in [1.54, 1.807) is 0 Å².